The van der Waals surface area contributed by atoms with Crippen molar-refractivity contribution in [2.24, 2.45) is 5.92 Å². The molecule has 2 N–H and O–H groups in total. The summed E-state index contributed by atoms with van der Waals surface area (Å²) in [5, 5.41) is 18.1. The van der Waals surface area contributed by atoms with Gasteiger partial charge < -0.3 is 20.3 Å². The first-order chi connectivity index (χ1) is 21.6. The van der Waals surface area contributed by atoms with Crippen LogP contribution in [0.4, 0.5) is 36.3 Å². The number of likely N-dealkylation sites (tertiary alicyclic amines) is 1. The summed E-state index contributed by atoms with van der Waals surface area (Å²) in [6, 6.07) is 15.6. The summed E-state index contributed by atoms with van der Waals surface area (Å²) in [7, 11) is 0. The van der Waals surface area contributed by atoms with Crippen molar-refractivity contribution in [3.63, 3.8) is 0 Å². The second kappa shape index (κ2) is 14.1. The summed E-state index contributed by atoms with van der Waals surface area (Å²) in [4.78, 5) is 36.0. The average molecular weight is 628 g/mol. The molecule has 1 saturated heterocycles. The molecule has 11 nitrogen and oxygen atoms in total. The third kappa shape index (κ3) is 8.59. The van der Waals surface area contributed by atoms with Gasteiger partial charge in [-0.25, -0.2) is 4.98 Å². The van der Waals surface area contributed by atoms with Crippen molar-refractivity contribution in [1.82, 2.24) is 20.2 Å². The molecule has 45 heavy (non-hydrogen) atoms. The minimum absolute atomic E-state index is 0.0102. The molecule has 14 heteroatoms. The lowest BCUT2D eigenvalue weighted by Gasteiger charge is -2.37. The molecular formula is C31H36F3N7O4. The number of carbonyl (C=O) groups excluding carboxylic acids is 1. The topological polar surface area (TPSA) is 126 Å². The third-order valence-corrected chi connectivity index (χ3v) is 8.31. The lowest BCUT2D eigenvalue weighted by atomic mass is 9.85. The van der Waals surface area contributed by atoms with Gasteiger partial charge >= 0.3 is 12.0 Å². The van der Waals surface area contributed by atoms with Gasteiger partial charge in [0, 0.05) is 56.4 Å². The Balaban J connectivity index is 1.33. The maximum absolute atomic E-state index is 12.9. The number of alkyl halides is 3. The van der Waals surface area contributed by atoms with Crippen molar-refractivity contribution in [2.75, 3.05) is 29.9 Å². The second-order valence-electron chi connectivity index (χ2n) is 11.5. The maximum atomic E-state index is 12.9. The molecule has 2 aliphatic rings. The van der Waals surface area contributed by atoms with Gasteiger partial charge in [-0.3, -0.25) is 19.8 Å². The number of nitro groups is 1. The second-order valence-corrected chi connectivity index (χ2v) is 11.5. The highest BCUT2D eigenvalue weighted by molar-refractivity contribution is 5.73. The molecule has 2 fully saturated rings. The van der Waals surface area contributed by atoms with Crippen molar-refractivity contribution in [3.05, 3.63) is 76.5 Å². The van der Waals surface area contributed by atoms with E-state index in [0.717, 1.165) is 57.1 Å². The number of anilines is 3. The first kappa shape index (κ1) is 31.9. The maximum Gasteiger partial charge on any atom is 0.573 e. The van der Waals surface area contributed by atoms with Crippen LogP contribution in [0, 0.1) is 16.0 Å². The van der Waals surface area contributed by atoms with E-state index < -0.39 is 11.3 Å². The Bertz CT molecular complexity index is 1470. The van der Waals surface area contributed by atoms with E-state index in [1.807, 2.05) is 35.2 Å². The van der Waals surface area contributed by atoms with E-state index in [2.05, 4.69) is 30.2 Å². The standard InChI is InChI=1S/C31H36F3N7O4/c1-21(42)37-24-15-16-39(20-24)25-13-11-22(12-14-25)19-40(26-8-3-2-4-9-26)29-27(41(43)44)18-36-30(38-29)35-17-23-7-5-6-10-28(23)45-31(32,33)34/h2-10,18,22,24-25H,11-17,19-20H2,1H3,(H,37,42)(H,35,36,38)/t22-,24-,25-/m0/s1. The highest BCUT2D eigenvalue weighted by Crippen LogP contribution is 2.37. The zero-order valence-electron chi connectivity index (χ0n) is 24.9. The first-order valence-corrected chi connectivity index (χ1v) is 15.0. The largest absolute Gasteiger partial charge is 0.573 e. The number of rotatable bonds is 11. The van der Waals surface area contributed by atoms with Crippen molar-refractivity contribution in [3.8, 4) is 5.75 Å². The van der Waals surface area contributed by atoms with Gasteiger partial charge in [0.05, 0.1) is 4.92 Å². The number of carbonyl (C=O) groups is 1. The zero-order valence-corrected chi connectivity index (χ0v) is 24.9. The molecule has 1 amide bonds. The monoisotopic (exact) mass is 627 g/mol. The average Bonchev–Trinajstić information content (AvgIpc) is 3.47. The van der Waals surface area contributed by atoms with Gasteiger partial charge in [0.15, 0.2) is 0 Å². The minimum atomic E-state index is -4.86. The minimum Gasteiger partial charge on any atom is -0.405 e. The van der Waals surface area contributed by atoms with Crippen LogP contribution in [0.15, 0.2) is 60.8 Å². The van der Waals surface area contributed by atoms with Crippen LogP contribution in [0.3, 0.4) is 0 Å². The summed E-state index contributed by atoms with van der Waals surface area (Å²) in [5.41, 5.74) is 0.672. The van der Waals surface area contributed by atoms with Gasteiger partial charge in [-0.05, 0) is 56.2 Å². The summed E-state index contributed by atoms with van der Waals surface area (Å²) in [6.07, 6.45) is 1.03. The van der Waals surface area contributed by atoms with Crippen LogP contribution in [0.2, 0.25) is 0 Å². The predicted molar refractivity (Wildman–Crippen MR) is 162 cm³/mol. The SMILES string of the molecule is CC(=O)N[C@H]1CCN([C@H]2CC[C@H](CN(c3ccccc3)c3nc(NCc4ccccc4OC(F)(F)F)ncc3[N+](=O)[O-])CC2)C1. The highest BCUT2D eigenvalue weighted by atomic mass is 19.4. The van der Waals surface area contributed by atoms with E-state index in [9.17, 15) is 28.1 Å². The molecule has 0 unspecified atom stereocenters. The number of ether oxygens (including phenoxy) is 1. The lowest BCUT2D eigenvalue weighted by molar-refractivity contribution is -0.384. The lowest BCUT2D eigenvalue weighted by Crippen LogP contribution is -2.41. The van der Waals surface area contributed by atoms with Crippen molar-refractivity contribution < 1.29 is 27.6 Å². The van der Waals surface area contributed by atoms with Gasteiger partial charge in [-0.15, -0.1) is 13.2 Å². The van der Waals surface area contributed by atoms with Gasteiger partial charge in [-0.1, -0.05) is 36.4 Å². The predicted octanol–water partition coefficient (Wildman–Crippen LogP) is 5.80. The normalized spacial score (nSPS) is 20.4. The summed E-state index contributed by atoms with van der Waals surface area (Å²) >= 11 is 0. The van der Waals surface area contributed by atoms with E-state index in [0.29, 0.717) is 12.6 Å². The Morgan fingerprint density at radius 3 is 2.49 bits per heavy atom. The van der Waals surface area contributed by atoms with Crippen molar-refractivity contribution in [2.45, 2.75) is 64.0 Å². The molecule has 240 valence electrons. The van der Waals surface area contributed by atoms with E-state index in [4.69, 9.17) is 0 Å². The number of nitrogens with one attached hydrogen (secondary N) is 2. The van der Waals surface area contributed by atoms with Crippen molar-refractivity contribution in [1.29, 1.82) is 0 Å². The number of aromatic nitrogens is 2. The molecule has 0 spiro atoms. The number of para-hydroxylation sites is 2. The van der Waals surface area contributed by atoms with Crippen LogP contribution in [-0.2, 0) is 11.3 Å². The molecule has 2 heterocycles. The van der Waals surface area contributed by atoms with Crippen LogP contribution < -0.4 is 20.3 Å². The molecule has 0 radical (unpaired) electrons. The Morgan fingerprint density at radius 2 is 1.80 bits per heavy atom. The number of nitrogens with zero attached hydrogens (tertiary/aromatic N) is 5. The highest BCUT2D eigenvalue weighted by Gasteiger charge is 2.34. The van der Waals surface area contributed by atoms with Gasteiger partial charge in [-0.2, -0.15) is 4.98 Å². The number of halogens is 3. The van der Waals surface area contributed by atoms with Gasteiger partial charge in [0.25, 0.3) is 0 Å². The molecule has 0 bridgehead atoms. The van der Waals surface area contributed by atoms with E-state index in [1.165, 1.54) is 18.2 Å². The van der Waals surface area contributed by atoms with Gasteiger partial charge in [0.2, 0.25) is 17.7 Å². The summed E-state index contributed by atoms with van der Waals surface area (Å²) in [6.45, 7) is 3.73. The van der Waals surface area contributed by atoms with Crippen LogP contribution >= 0.6 is 0 Å². The van der Waals surface area contributed by atoms with Crippen LogP contribution in [0.25, 0.3) is 0 Å². The molecule has 1 aliphatic carbocycles. The zero-order chi connectivity index (χ0) is 32.0. The number of hydrogen-bond acceptors (Lipinski definition) is 9. The van der Waals surface area contributed by atoms with E-state index >= 15 is 0 Å². The Kier molecular flexibility index (Phi) is 10.0. The smallest absolute Gasteiger partial charge is 0.405 e. The fourth-order valence-electron chi connectivity index (χ4n) is 6.22. The molecular weight excluding hydrogens is 591 g/mol. The number of benzene rings is 2. The third-order valence-electron chi connectivity index (χ3n) is 8.31. The van der Waals surface area contributed by atoms with E-state index in [1.54, 1.807) is 13.0 Å². The molecule has 1 atom stereocenters. The Hall–Kier alpha value is -4.46. The molecule has 1 saturated carbocycles. The summed E-state index contributed by atoms with van der Waals surface area (Å²) < 4.78 is 42.9. The van der Waals surface area contributed by atoms with E-state index in [-0.39, 0.29) is 53.2 Å². The van der Waals surface area contributed by atoms with Crippen LogP contribution in [-0.4, -0.2) is 63.8 Å². The molecule has 1 aliphatic heterocycles. The summed E-state index contributed by atoms with van der Waals surface area (Å²) in [5.74, 6) is 0.00506. The van der Waals surface area contributed by atoms with Crippen molar-refractivity contribution >= 4 is 29.0 Å². The van der Waals surface area contributed by atoms with Crippen LogP contribution in [0.5, 0.6) is 5.75 Å². The Labute approximate surface area is 258 Å². The number of hydrogen-bond donors (Lipinski definition) is 2. The molecule has 1 aromatic heterocycles. The molecule has 5 rings (SSSR count). The van der Waals surface area contributed by atoms with Gasteiger partial charge in [0.1, 0.15) is 11.9 Å². The fraction of sp³-hybridized carbons (Fsp3) is 0.452. The first-order valence-electron chi connectivity index (χ1n) is 15.0. The number of amides is 1. The fourth-order valence-corrected chi connectivity index (χ4v) is 6.22. The Morgan fingerprint density at radius 1 is 1.09 bits per heavy atom. The molecule has 3 aromatic rings. The quantitative estimate of drug-likeness (QED) is 0.200. The molecule has 2 aromatic carbocycles. The van der Waals surface area contributed by atoms with Crippen LogP contribution in [0.1, 0.15) is 44.6 Å².